The Morgan fingerprint density at radius 1 is 1.32 bits per heavy atom. The lowest BCUT2D eigenvalue weighted by molar-refractivity contribution is -0.144. The van der Waals surface area contributed by atoms with Crippen molar-refractivity contribution < 1.29 is 9.90 Å². The first kappa shape index (κ1) is 18.1. The minimum Gasteiger partial charge on any atom is -0.481 e. The summed E-state index contributed by atoms with van der Waals surface area (Å²) in [5.41, 5.74) is 2.48. The fourth-order valence-corrected chi connectivity index (χ4v) is 4.48. The summed E-state index contributed by atoms with van der Waals surface area (Å²) in [6, 6.07) is 8.62. The van der Waals surface area contributed by atoms with E-state index in [4.69, 9.17) is 0 Å². The number of hydrogen-bond donors (Lipinski definition) is 1. The van der Waals surface area contributed by atoms with Crippen LogP contribution in [0.4, 0.5) is 0 Å². The minimum atomic E-state index is -0.674. The summed E-state index contributed by atoms with van der Waals surface area (Å²) in [5.74, 6) is 0.0292. The van der Waals surface area contributed by atoms with Gasteiger partial charge in [0, 0.05) is 36.3 Å². The van der Waals surface area contributed by atoms with E-state index in [9.17, 15) is 9.90 Å². The first-order valence-electron chi connectivity index (χ1n) is 8.92. The molecule has 2 atom stereocenters. The Morgan fingerprint density at radius 3 is 2.68 bits per heavy atom. The first-order chi connectivity index (χ1) is 11.9. The summed E-state index contributed by atoms with van der Waals surface area (Å²) >= 11 is 1.70. The second kappa shape index (κ2) is 7.67. The number of piperidine rings is 1. The van der Waals surface area contributed by atoms with E-state index in [1.807, 2.05) is 6.20 Å². The highest BCUT2D eigenvalue weighted by Gasteiger charge is 2.29. The van der Waals surface area contributed by atoms with Gasteiger partial charge in [0.15, 0.2) is 0 Å². The summed E-state index contributed by atoms with van der Waals surface area (Å²) in [5, 5.41) is 10.4. The summed E-state index contributed by atoms with van der Waals surface area (Å²) in [6.45, 7) is 8.91. The molecule has 0 bridgehead atoms. The van der Waals surface area contributed by atoms with E-state index < -0.39 is 5.97 Å². The van der Waals surface area contributed by atoms with E-state index in [0.29, 0.717) is 18.4 Å². The van der Waals surface area contributed by atoms with E-state index >= 15 is 0 Å². The number of carboxylic acid groups (broad SMARTS) is 1. The van der Waals surface area contributed by atoms with Crippen molar-refractivity contribution in [2.24, 2.45) is 11.8 Å². The quantitative estimate of drug-likeness (QED) is 0.856. The Morgan fingerprint density at radius 2 is 2.04 bits per heavy atom. The lowest BCUT2D eigenvalue weighted by atomic mass is 9.90. The number of hydrogen-bond acceptors (Lipinski definition) is 4. The monoisotopic (exact) mass is 358 g/mol. The predicted octanol–water partition coefficient (Wildman–Crippen LogP) is 4.48. The van der Waals surface area contributed by atoms with Crippen LogP contribution >= 0.6 is 11.3 Å². The van der Waals surface area contributed by atoms with Crippen LogP contribution in [-0.4, -0.2) is 34.0 Å². The summed E-state index contributed by atoms with van der Waals surface area (Å²) in [6.07, 6.45) is 2.72. The van der Waals surface area contributed by atoms with Crippen molar-refractivity contribution in [2.75, 3.05) is 13.1 Å². The van der Waals surface area contributed by atoms with Crippen molar-refractivity contribution in [2.45, 2.75) is 39.7 Å². The Labute approximate surface area is 153 Å². The zero-order valence-electron chi connectivity index (χ0n) is 15.1. The molecule has 0 radical (unpaired) electrons. The predicted molar refractivity (Wildman–Crippen MR) is 102 cm³/mol. The molecule has 1 aromatic heterocycles. The second-order valence-electron chi connectivity index (χ2n) is 7.48. The highest BCUT2D eigenvalue weighted by Crippen LogP contribution is 2.29. The van der Waals surface area contributed by atoms with Crippen LogP contribution < -0.4 is 0 Å². The SMILES string of the molecule is CC1CC(C(=O)O)CN(Cc2cnc(-c3ccc(C(C)C)cc3)s2)C1. The molecule has 2 unspecified atom stereocenters. The van der Waals surface area contributed by atoms with Gasteiger partial charge in [-0.25, -0.2) is 4.98 Å². The smallest absolute Gasteiger partial charge is 0.307 e. The molecular formula is C20H26N2O2S. The molecule has 0 spiro atoms. The Bertz CT molecular complexity index is 724. The van der Waals surface area contributed by atoms with Gasteiger partial charge in [-0.05, 0) is 23.8 Å². The van der Waals surface area contributed by atoms with Crippen molar-refractivity contribution >= 4 is 17.3 Å². The first-order valence-corrected chi connectivity index (χ1v) is 9.74. The largest absolute Gasteiger partial charge is 0.481 e. The molecule has 0 aliphatic carbocycles. The Hall–Kier alpha value is -1.72. The number of nitrogens with zero attached hydrogens (tertiary/aromatic N) is 2. The Kier molecular flexibility index (Phi) is 5.54. The van der Waals surface area contributed by atoms with E-state index in [-0.39, 0.29) is 5.92 Å². The van der Waals surface area contributed by atoms with Crippen LogP contribution in [0.1, 0.15) is 43.6 Å². The van der Waals surface area contributed by atoms with Gasteiger partial charge in [0.2, 0.25) is 0 Å². The Balaban J connectivity index is 1.68. The van der Waals surface area contributed by atoms with Gasteiger partial charge in [-0.2, -0.15) is 0 Å². The fourth-order valence-electron chi connectivity index (χ4n) is 3.51. The lowest BCUT2D eigenvalue weighted by Crippen LogP contribution is -2.41. The van der Waals surface area contributed by atoms with Crippen LogP contribution in [0.5, 0.6) is 0 Å². The second-order valence-corrected chi connectivity index (χ2v) is 8.59. The molecular weight excluding hydrogens is 332 g/mol. The average molecular weight is 359 g/mol. The molecule has 1 saturated heterocycles. The van der Waals surface area contributed by atoms with Crippen LogP contribution in [0, 0.1) is 11.8 Å². The zero-order valence-corrected chi connectivity index (χ0v) is 15.9. The third kappa shape index (κ3) is 4.47. The van der Waals surface area contributed by atoms with Crippen LogP contribution in [0.2, 0.25) is 0 Å². The summed E-state index contributed by atoms with van der Waals surface area (Å²) in [4.78, 5) is 19.4. The maximum Gasteiger partial charge on any atom is 0.307 e. The third-order valence-electron chi connectivity index (χ3n) is 4.84. The minimum absolute atomic E-state index is 0.250. The number of likely N-dealkylation sites (tertiary alicyclic amines) is 1. The van der Waals surface area contributed by atoms with E-state index in [0.717, 1.165) is 30.1 Å². The van der Waals surface area contributed by atoms with Gasteiger partial charge in [-0.15, -0.1) is 11.3 Å². The van der Waals surface area contributed by atoms with Crippen LogP contribution in [0.15, 0.2) is 30.5 Å². The summed E-state index contributed by atoms with van der Waals surface area (Å²) < 4.78 is 0. The molecule has 25 heavy (non-hydrogen) atoms. The molecule has 1 fully saturated rings. The highest BCUT2D eigenvalue weighted by molar-refractivity contribution is 7.15. The lowest BCUT2D eigenvalue weighted by Gasteiger charge is -2.34. The maximum absolute atomic E-state index is 11.3. The molecule has 2 heterocycles. The van der Waals surface area contributed by atoms with E-state index in [1.54, 1.807) is 11.3 Å². The third-order valence-corrected chi connectivity index (χ3v) is 5.87. The fraction of sp³-hybridized carbons (Fsp3) is 0.500. The number of carbonyl (C=O) groups is 1. The number of thiazole rings is 1. The van der Waals surface area contributed by atoms with Crippen molar-refractivity contribution in [3.8, 4) is 10.6 Å². The van der Waals surface area contributed by atoms with Crippen molar-refractivity contribution in [3.05, 3.63) is 40.9 Å². The average Bonchev–Trinajstić information content (AvgIpc) is 3.02. The number of rotatable bonds is 5. The van der Waals surface area contributed by atoms with Crippen molar-refractivity contribution in [1.82, 2.24) is 9.88 Å². The molecule has 1 aliphatic heterocycles. The van der Waals surface area contributed by atoms with Gasteiger partial charge in [-0.1, -0.05) is 45.0 Å². The van der Waals surface area contributed by atoms with E-state index in [2.05, 4.69) is 54.9 Å². The van der Waals surface area contributed by atoms with Crippen LogP contribution in [0.25, 0.3) is 10.6 Å². The molecule has 134 valence electrons. The van der Waals surface area contributed by atoms with Gasteiger partial charge in [0.1, 0.15) is 5.01 Å². The molecule has 0 saturated carbocycles. The molecule has 5 heteroatoms. The maximum atomic E-state index is 11.3. The molecule has 4 nitrogen and oxygen atoms in total. The number of carboxylic acids is 1. The molecule has 0 amide bonds. The molecule has 1 aromatic carbocycles. The highest BCUT2D eigenvalue weighted by atomic mass is 32.1. The molecule has 3 rings (SSSR count). The van der Waals surface area contributed by atoms with Crippen molar-refractivity contribution in [1.29, 1.82) is 0 Å². The van der Waals surface area contributed by atoms with Gasteiger partial charge < -0.3 is 5.11 Å². The van der Waals surface area contributed by atoms with Crippen LogP contribution in [-0.2, 0) is 11.3 Å². The number of aliphatic carboxylic acids is 1. The zero-order chi connectivity index (χ0) is 18.0. The van der Waals surface area contributed by atoms with Gasteiger partial charge in [0.05, 0.1) is 5.92 Å². The summed E-state index contributed by atoms with van der Waals surface area (Å²) in [7, 11) is 0. The van der Waals surface area contributed by atoms with Crippen molar-refractivity contribution in [3.63, 3.8) is 0 Å². The van der Waals surface area contributed by atoms with Crippen LogP contribution in [0.3, 0.4) is 0 Å². The van der Waals surface area contributed by atoms with Gasteiger partial charge in [0.25, 0.3) is 0 Å². The normalized spacial score (nSPS) is 21.6. The van der Waals surface area contributed by atoms with Gasteiger partial charge in [-0.3, -0.25) is 9.69 Å². The topological polar surface area (TPSA) is 53.4 Å². The number of benzene rings is 1. The van der Waals surface area contributed by atoms with Gasteiger partial charge >= 0.3 is 5.97 Å². The molecule has 1 aliphatic rings. The molecule has 1 N–H and O–H groups in total. The number of aromatic nitrogens is 1. The standard InChI is InChI=1S/C20H26N2O2S/c1-13(2)15-4-6-16(7-5-15)19-21-9-18(25-19)12-22-10-14(3)8-17(11-22)20(23)24/h4-7,9,13-14,17H,8,10-12H2,1-3H3,(H,23,24). The molecule has 2 aromatic rings. The van der Waals surface area contributed by atoms with E-state index in [1.165, 1.54) is 10.4 Å².